The van der Waals surface area contributed by atoms with Crippen LogP contribution < -0.4 is 11.5 Å². The lowest BCUT2D eigenvalue weighted by Gasteiger charge is -2.27. The van der Waals surface area contributed by atoms with Crippen molar-refractivity contribution < 1.29 is 4.39 Å². The summed E-state index contributed by atoms with van der Waals surface area (Å²) in [6, 6.07) is 4.16. The fraction of sp³-hybridized carbons (Fsp3) is 0.400. The zero-order chi connectivity index (χ0) is 10.9. The Labute approximate surface area is 91.6 Å². The Bertz CT molecular complexity index is 333. The van der Waals surface area contributed by atoms with Crippen LogP contribution in [0.25, 0.3) is 0 Å². The molecule has 0 spiro atoms. The minimum absolute atomic E-state index is 0.320. The van der Waals surface area contributed by atoms with Crippen molar-refractivity contribution in [3.8, 4) is 0 Å². The summed E-state index contributed by atoms with van der Waals surface area (Å²) >= 11 is 3.27. The van der Waals surface area contributed by atoms with Gasteiger partial charge in [-0.2, -0.15) is 0 Å². The first-order valence-corrected chi connectivity index (χ1v) is 5.11. The minimum atomic E-state index is -0.637. The number of hydrogen-bond donors (Lipinski definition) is 2. The number of nitrogens with two attached hydrogens (primary N) is 2. The minimum Gasteiger partial charge on any atom is -0.324 e. The maximum atomic E-state index is 13.4. The Kier molecular flexibility index (Phi) is 3.29. The fourth-order valence-electron chi connectivity index (χ4n) is 1.15. The van der Waals surface area contributed by atoms with Crippen LogP contribution >= 0.6 is 15.9 Å². The average Bonchev–Trinajstić information content (AvgIpc) is 2.06. The van der Waals surface area contributed by atoms with E-state index in [0.29, 0.717) is 5.56 Å². The van der Waals surface area contributed by atoms with Crippen LogP contribution in [-0.4, -0.2) is 5.54 Å². The lowest BCUT2D eigenvalue weighted by Crippen LogP contribution is -2.44. The summed E-state index contributed by atoms with van der Waals surface area (Å²) in [7, 11) is 0. The summed E-state index contributed by atoms with van der Waals surface area (Å²) < 4.78 is 14.2. The molecule has 2 nitrogen and oxygen atoms in total. The molecule has 0 heterocycles. The smallest absolute Gasteiger partial charge is 0.128 e. The monoisotopic (exact) mass is 260 g/mol. The van der Waals surface area contributed by atoms with Crippen LogP contribution in [0.2, 0.25) is 0 Å². The molecule has 14 heavy (non-hydrogen) atoms. The van der Waals surface area contributed by atoms with E-state index in [9.17, 15) is 4.39 Å². The van der Waals surface area contributed by atoms with Gasteiger partial charge in [-0.15, -0.1) is 0 Å². The van der Waals surface area contributed by atoms with Crippen LogP contribution in [0.15, 0.2) is 22.7 Å². The van der Waals surface area contributed by atoms with Crippen molar-refractivity contribution >= 4 is 15.9 Å². The zero-order valence-electron chi connectivity index (χ0n) is 8.22. The standard InChI is InChI=1S/C10H14BrFN2/c1-10(2,14)9(13)7-5-6(11)3-4-8(7)12/h3-5,9H,13-14H2,1-2H3. The van der Waals surface area contributed by atoms with Crippen molar-refractivity contribution in [1.29, 1.82) is 0 Å². The van der Waals surface area contributed by atoms with Crippen molar-refractivity contribution in [3.63, 3.8) is 0 Å². The van der Waals surface area contributed by atoms with Gasteiger partial charge in [-0.25, -0.2) is 4.39 Å². The van der Waals surface area contributed by atoms with Gasteiger partial charge in [-0.3, -0.25) is 0 Å². The van der Waals surface area contributed by atoms with Gasteiger partial charge in [0.15, 0.2) is 0 Å². The Balaban J connectivity index is 3.12. The van der Waals surface area contributed by atoms with E-state index in [-0.39, 0.29) is 5.82 Å². The van der Waals surface area contributed by atoms with Gasteiger partial charge in [-0.1, -0.05) is 15.9 Å². The molecular formula is C10H14BrFN2. The Hall–Kier alpha value is -0.450. The summed E-state index contributed by atoms with van der Waals surface area (Å²) in [6.45, 7) is 3.55. The van der Waals surface area contributed by atoms with Crippen LogP contribution in [0.1, 0.15) is 25.5 Å². The highest BCUT2D eigenvalue weighted by atomic mass is 79.9. The average molecular weight is 261 g/mol. The van der Waals surface area contributed by atoms with Gasteiger partial charge in [0.1, 0.15) is 5.82 Å². The van der Waals surface area contributed by atoms with E-state index in [1.54, 1.807) is 26.0 Å². The first-order chi connectivity index (χ1) is 6.32. The summed E-state index contributed by atoms with van der Waals surface area (Å²) in [5, 5.41) is 0. The van der Waals surface area contributed by atoms with Gasteiger partial charge >= 0.3 is 0 Å². The molecule has 4 heteroatoms. The van der Waals surface area contributed by atoms with Crippen molar-refractivity contribution in [2.45, 2.75) is 25.4 Å². The van der Waals surface area contributed by atoms with Crippen molar-refractivity contribution in [2.24, 2.45) is 11.5 Å². The molecule has 1 aromatic carbocycles. The lowest BCUT2D eigenvalue weighted by molar-refractivity contribution is 0.407. The van der Waals surface area contributed by atoms with Gasteiger partial charge in [0.25, 0.3) is 0 Å². The Morgan fingerprint density at radius 2 is 2.00 bits per heavy atom. The molecule has 0 aliphatic carbocycles. The molecule has 0 aromatic heterocycles. The molecule has 0 saturated heterocycles. The molecule has 0 fully saturated rings. The number of benzene rings is 1. The molecule has 0 amide bonds. The molecule has 0 aliphatic rings. The third kappa shape index (κ3) is 2.53. The van der Waals surface area contributed by atoms with Crippen LogP contribution in [0.4, 0.5) is 4.39 Å². The maximum Gasteiger partial charge on any atom is 0.128 e. The summed E-state index contributed by atoms with van der Waals surface area (Å²) in [6.07, 6.45) is 0. The van der Waals surface area contributed by atoms with Crippen molar-refractivity contribution in [3.05, 3.63) is 34.1 Å². The molecular weight excluding hydrogens is 247 g/mol. The van der Waals surface area contributed by atoms with E-state index in [2.05, 4.69) is 15.9 Å². The second-order valence-electron chi connectivity index (χ2n) is 3.96. The second-order valence-corrected chi connectivity index (χ2v) is 4.88. The largest absolute Gasteiger partial charge is 0.324 e. The highest BCUT2D eigenvalue weighted by Crippen LogP contribution is 2.26. The van der Waals surface area contributed by atoms with Gasteiger partial charge < -0.3 is 11.5 Å². The maximum absolute atomic E-state index is 13.4. The number of hydrogen-bond acceptors (Lipinski definition) is 2. The second kappa shape index (κ2) is 3.96. The lowest BCUT2D eigenvalue weighted by atomic mass is 9.90. The van der Waals surface area contributed by atoms with Crippen LogP contribution in [-0.2, 0) is 0 Å². The zero-order valence-corrected chi connectivity index (χ0v) is 9.81. The van der Waals surface area contributed by atoms with E-state index in [1.165, 1.54) is 6.07 Å². The van der Waals surface area contributed by atoms with Crippen LogP contribution in [0.5, 0.6) is 0 Å². The number of rotatable bonds is 2. The van der Waals surface area contributed by atoms with Crippen LogP contribution in [0.3, 0.4) is 0 Å². The van der Waals surface area contributed by atoms with Crippen molar-refractivity contribution in [2.75, 3.05) is 0 Å². The normalized spacial score (nSPS) is 14.1. The topological polar surface area (TPSA) is 52.0 Å². The van der Waals surface area contributed by atoms with E-state index in [1.807, 2.05) is 0 Å². The van der Waals surface area contributed by atoms with Crippen LogP contribution in [0, 0.1) is 5.82 Å². The highest BCUT2D eigenvalue weighted by molar-refractivity contribution is 9.10. The summed E-state index contributed by atoms with van der Waals surface area (Å²) in [4.78, 5) is 0. The quantitative estimate of drug-likeness (QED) is 0.858. The molecule has 0 aliphatic heterocycles. The first-order valence-electron chi connectivity index (χ1n) is 4.32. The summed E-state index contributed by atoms with van der Waals surface area (Å²) in [5.74, 6) is -0.320. The molecule has 1 atom stereocenters. The first kappa shape index (κ1) is 11.6. The molecule has 1 aromatic rings. The molecule has 1 rings (SSSR count). The van der Waals surface area contributed by atoms with E-state index in [0.717, 1.165) is 4.47 Å². The van der Waals surface area contributed by atoms with Gasteiger partial charge in [-0.05, 0) is 32.0 Å². The predicted octanol–water partition coefficient (Wildman–Crippen LogP) is 2.33. The van der Waals surface area contributed by atoms with Gasteiger partial charge in [0.05, 0.1) is 6.04 Å². The number of halogens is 2. The third-order valence-electron chi connectivity index (χ3n) is 2.09. The molecule has 4 N–H and O–H groups in total. The Morgan fingerprint density at radius 1 is 1.43 bits per heavy atom. The SMILES string of the molecule is CC(C)(N)C(N)c1cc(Br)ccc1F. The molecule has 1 unspecified atom stereocenters. The molecule has 0 saturated carbocycles. The molecule has 0 bridgehead atoms. The molecule has 0 radical (unpaired) electrons. The summed E-state index contributed by atoms with van der Waals surface area (Å²) in [5.41, 5.74) is 11.5. The van der Waals surface area contributed by atoms with E-state index < -0.39 is 11.6 Å². The van der Waals surface area contributed by atoms with E-state index >= 15 is 0 Å². The van der Waals surface area contributed by atoms with E-state index in [4.69, 9.17) is 11.5 Å². The third-order valence-corrected chi connectivity index (χ3v) is 2.59. The molecule has 78 valence electrons. The Morgan fingerprint density at radius 3 is 2.50 bits per heavy atom. The van der Waals surface area contributed by atoms with Gasteiger partial charge in [0.2, 0.25) is 0 Å². The predicted molar refractivity (Wildman–Crippen MR) is 59.3 cm³/mol. The van der Waals surface area contributed by atoms with Crippen molar-refractivity contribution in [1.82, 2.24) is 0 Å². The fourth-order valence-corrected chi connectivity index (χ4v) is 1.53. The highest BCUT2D eigenvalue weighted by Gasteiger charge is 2.25. The van der Waals surface area contributed by atoms with Gasteiger partial charge in [0, 0.05) is 15.6 Å².